The van der Waals surface area contributed by atoms with E-state index in [0.29, 0.717) is 5.92 Å². The van der Waals surface area contributed by atoms with Crippen LogP contribution in [-0.4, -0.2) is 12.9 Å². The summed E-state index contributed by atoms with van der Waals surface area (Å²) in [5.41, 5.74) is 0.835. The summed E-state index contributed by atoms with van der Waals surface area (Å²) in [6, 6.07) is 6.29. The van der Waals surface area contributed by atoms with Crippen LogP contribution in [0, 0.1) is 5.92 Å². The summed E-state index contributed by atoms with van der Waals surface area (Å²) in [7, 11) is 0. The molecule has 1 atom stereocenters. The van der Waals surface area contributed by atoms with E-state index >= 15 is 0 Å². The van der Waals surface area contributed by atoms with Crippen molar-refractivity contribution in [2.24, 2.45) is 5.92 Å². The van der Waals surface area contributed by atoms with Crippen molar-refractivity contribution in [3.05, 3.63) is 29.8 Å². The van der Waals surface area contributed by atoms with Crippen molar-refractivity contribution in [2.45, 2.75) is 46.0 Å². The van der Waals surface area contributed by atoms with Gasteiger partial charge in [0.1, 0.15) is 5.75 Å². The highest BCUT2D eigenvalue weighted by molar-refractivity contribution is 5.31. The van der Waals surface area contributed by atoms with Gasteiger partial charge in [0.05, 0.1) is 0 Å². The fourth-order valence-corrected chi connectivity index (χ4v) is 2.44. The van der Waals surface area contributed by atoms with Gasteiger partial charge in [-0.1, -0.05) is 45.7 Å². The van der Waals surface area contributed by atoms with Crippen LogP contribution in [0.3, 0.4) is 0 Å². The van der Waals surface area contributed by atoms with Gasteiger partial charge in [-0.25, -0.2) is 0 Å². The van der Waals surface area contributed by atoms with Gasteiger partial charge < -0.3 is 10.1 Å². The van der Waals surface area contributed by atoms with E-state index in [2.05, 4.69) is 23.9 Å². The quantitative estimate of drug-likeness (QED) is 0.787. The minimum Gasteiger partial charge on any atom is -0.406 e. The van der Waals surface area contributed by atoms with Crippen LogP contribution >= 0.6 is 0 Å². The molecule has 114 valence electrons. The van der Waals surface area contributed by atoms with Crippen molar-refractivity contribution in [1.82, 2.24) is 5.32 Å². The van der Waals surface area contributed by atoms with E-state index in [1.165, 1.54) is 12.1 Å². The summed E-state index contributed by atoms with van der Waals surface area (Å²) in [4.78, 5) is 0. The molecular weight excluding hydrogens is 267 g/mol. The summed E-state index contributed by atoms with van der Waals surface area (Å²) >= 11 is 0. The zero-order chi connectivity index (χ0) is 15.2. The van der Waals surface area contributed by atoms with Gasteiger partial charge in [0.15, 0.2) is 0 Å². The fraction of sp³-hybridized carbons (Fsp3) is 0.600. The number of hydrogen-bond donors (Lipinski definition) is 1. The predicted octanol–water partition coefficient (Wildman–Crippen LogP) is 4.67. The standard InChI is InChI=1S/C15H22F3NO/c1-4-11(5-2)14(19-6-3)12-8-7-9-13(10-12)20-15(16,17)18/h7-11,14,19H,4-6H2,1-3H3. The molecule has 0 fully saturated rings. The maximum Gasteiger partial charge on any atom is 0.573 e. The van der Waals surface area contributed by atoms with Gasteiger partial charge in [0, 0.05) is 6.04 Å². The molecule has 2 nitrogen and oxygen atoms in total. The highest BCUT2D eigenvalue weighted by Crippen LogP contribution is 2.31. The molecule has 0 aromatic heterocycles. The van der Waals surface area contributed by atoms with Crippen LogP contribution in [0.25, 0.3) is 0 Å². The number of nitrogens with one attached hydrogen (secondary N) is 1. The lowest BCUT2D eigenvalue weighted by molar-refractivity contribution is -0.274. The van der Waals surface area contributed by atoms with E-state index in [4.69, 9.17) is 0 Å². The van der Waals surface area contributed by atoms with Crippen molar-refractivity contribution in [2.75, 3.05) is 6.54 Å². The Morgan fingerprint density at radius 1 is 1.15 bits per heavy atom. The fourth-order valence-electron chi connectivity index (χ4n) is 2.44. The molecule has 0 heterocycles. The largest absolute Gasteiger partial charge is 0.573 e. The minimum atomic E-state index is -4.65. The smallest absolute Gasteiger partial charge is 0.406 e. The molecule has 1 N–H and O–H groups in total. The Labute approximate surface area is 118 Å². The third-order valence-electron chi connectivity index (χ3n) is 3.39. The molecule has 1 unspecified atom stereocenters. The molecule has 0 saturated carbocycles. The van der Waals surface area contributed by atoms with Crippen molar-refractivity contribution in [3.8, 4) is 5.75 Å². The molecule has 0 aliphatic carbocycles. The Kier molecular flexibility index (Phi) is 6.33. The SMILES string of the molecule is CCNC(c1cccc(OC(F)(F)F)c1)C(CC)CC. The van der Waals surface area contributed by atoms with E-state index in [0.717, 1.165) is 24.9 Å². The maximum atomic E-state index is 12.3. The van der Waals surface area contributed by atoms with Crippen LogP contribution in [0.5, 0.6) is 5.75 Å². The van der Waals surface area contributed by atoms with E-state index in [-0.39, 0.29) is 11.8 Å². The number of halogens is 3. The summed E-state index contributed by atoms with van der Waals surface area (Å²) in [6.07, 6.45) is -2.71. The second-order valence-electron chi connectivity index (χ2n) is 4.73. The number of ether oxygens (including phenoxy) is 1. The average Bonchev–Trinajstić information content (AvgIpc) is 2.37. The second-order valence-corrected chi connectivity index (χ2v) is 4.73. The van der Waals surface area contributed by atoms with Crippen molar-refractivity contribution >= 4 is 0 Å². The first-order valence-electron chi connectivity index (χ1n) is 7.00. The monoisotopic (exact) mass is 289 g/mol. The first-order valence-corrected chi connectivity index (χ1v) is 7.00. The first-order chi connectivity index (χ1) is 9.41. The zero-order valence-corrected chi connectivity index (χ0v) is 12.1. The van der Waals surface area contributed by atoms with Crippen molar-refractivity contribution in [3.63, 3.8) is 0 Å². The predicted molar refractivity (Wildman–Crippen MR) is 73.6 cm³/mol. The average molecular weight is 289 g/mol. The molecule has 20 heavy (non-hydrogen) atoms. The summed E-state index contributed by atoms with van der Waals surface area (Å²) in [5, 5.41) is 3.35. The molecular formula is C15H22F3NO. The van der Waals surface area contributed by atoms with Crippen molar-refractivity contribution < 1.29 is 17.9 Å². The van der Waals surface area contributed by atoms with Crippen LogP contribution < -0.4 is 10.1 Å². The molecule has 0 saturated heterocycles. The van der Waals surface area contributed by atoms with Gasteiger partial charge in [-0.2, -0.15) is 0 Å². The second kappa shape index (κ2) is 7.53. The Balaban J connectivity index is 2.99. The Hall–Kier alpha value is -1.23. The summed E-state index contributed by atoms with van der Waals surface area (Å²) in [5.74, 6) is 0.222. The normalized spacial score (nSPS) is 13.6. The van der Waals surface area contributed by atoms with E-state index in [1.54, 1.807) is 6.07 Å². The van der Waals surface area contributed by atoms with Crippen molar-refractivity contribution in [1.29, 1.82) is 0 Å². The number of benzene rings is 1. The van der Waals surface area contributed by atoms with Crippen LogP contribution in [0.15, 0.2) is 24.3 Å². The molecule has 5 heteroatoms. The van der Waals surface area contributed by atoms with Crippen LogP contribution in [0.1, 0.15) is 45.2 Å². The lowest BCUT2D eigenvalue weighted by Crippen LogP contribution is -2.28. The number of rotatable bonds is 7. The van der Waals surface area contributed by atoms with E-state index in [1.807, 2.05) is 13.0 Å². The molecule has 0 aliphatic rings. The van der Waals surface area contributed by atoms with Gasteiger partial charge in [-0.3, -0.25) is 0 Å². The third-order valence-corrected chi connectivity index (χ3v) is 3.39. The van der Waals surface area contributed by atoms with Gasteiger partial charge in [0.25, 0.3) is 0 Å². The van der Waals surface area contributed by atoms with E-state index < -0.39 is 6.36 Å². The zero-order valence-electron chi connectivity index (χ0n) is 12.1. The van der Waals surface area contributed by atoms with Crippen LogP contribution in [0.2, 0.25) is 0 Å². The maximum absolute atomic E-state index is 12.3. The number of alkyl halides is 3. The lowest BCUT2D eigenvalue weighted by atomic mass is 9.88. The highest BCUT2D eigenvalue weighted by Gasteiger charge is 2.31. The van der Waals surface area contributed by atoms with Gasteiger partial charge >= 0.3 is 6.36 Å². The lowest BCUT2D eigenvalue weighted by Gasteiger charge is -2.27. The van der Waals surface area contributed by atoms with Crippen LogP contribution in [0.4, 0.5) is 13.2 Å². The van der Waals surface area contributed by atoms with Gasteiger partial charge in [-0.05, 0) is 30.2 Å². The summed E-state index contributed by atoms with van der Waals surface area (Å²) < 4.78 is 40.8. The Morgan fingerprint density at radius 2 is 1.80 bits per heavy atom. The molecule has 0 spiro atoms. The molecule has 1 rings (SSSR count). The Bertz CT molecular complexity index is 402. The van der Waals surface area contributed by atoms with Gasteiger partial charge in [0.2, 0.25) is 0 Å². The number of hydrogen-bond acceptors (Lipinski definition) is 2. The van der Waals surface area contributed by atoms with E-state index in [9.17, 15) is 13.2 Å². The first kappa shape index (κ1) is 16.8. The molecule has 1 aromatic rings. The molecule has 1 aromatic carbocycles. The summed E-state index contributed by atoms with van der Waals surface area (Å²) in [6.45, 7) is 6.94. The molecule has 0 amide bonds. The molecule has 0 radical (unpaired) electrons. The van der Waals surface area contributed by atoms with Crippen LogP contribution in [-0.2, 0) is 0 Å². The van der Waals surface area contributed by atoms with Gasteiger partial charge in [-0.15, -0.1) is 13.2 Å². The molecule has 0 aliphatic heterocycles. The topological polar surface area (TPSA) is 21.3 Å². The highest BCUT2D eigenvalue weighted by atomic mass is 19.4. The minimum absolute atomic E-state index is 0.0479. The molecule has 0 bridgehead atoms. The third kappa shape index (κ3) is 5.04. The Morgan fingerprint density at radius 3 is 2.30 bits per heavy atom.